The Hall–Kier alpha value is -1.95. The van der Waals surface area contributed by atoms with E-state index in [-0.39, 0.29) is 5.92 Å². The molecule has 1 heterocycles. The Kier molecular flexibility index (Phi) is 4.75. The third kappa shape index (κ3) is 3.52. The minimum absolute atomic E-state index is 0.183. The van der Waals surface area contributed by atoms with Gasteiger partial charge in [-0.15, -0.1) is 0 Å². The smallest absolute Gasteiger partial charge is 0.350 e. The summed E-state index contributed by atoms with van der Waals surface area (Å²) in [6.07, 6.45) is 5.12. The summed E-state index contributed by atoms with van der Waals surface area (Å²) in [6, 6.07) is 3.67. The summed E-state index contributed by atoms with van der Waals surface area (Å²) in [5.74, 6) is -3.59. The molecule has 1 fully saturated rings. The largest absolute Gasteiger partial charge is 0.479 e. The zero-order valence-corrected chi connectivity index (χ0v) is 13.7. The third-order valence-electron chi connectivity index (χ3n) is 4.66. The average Bonchev–Trinajstić information content (AvgIpc) is 3.25. The fraction of sp³-hybridized carbons (Fsp3) is 0.588. The molecule has 6 heteroatoms. The van der Waals surface area contributed by atoms with E-state index in [4.69, 9.17) is 4.74 Å². The minimum Gasteiger partial charge on any atom is -0.479 e. The number of aliphatic carboxylic acids is 1. The number of aromatic nitrogens is 1. The Balaban J connectivity index is 2.14. The van der Waals surface area contributed by atoms with Gasteiger partial charge in [0.2, 0.25) is 0 Å². The predicted molar refractivity (Wildman–Crippen MR) is 82.6 cm³/mol. The number of pyridine rings is 1. The molecule has 0 amide bonds. The second-order valence-corrected chi connectivity index (χ2v) is 6.71. The molecule has 6 nitrogen and oxygen atoms in total. The quantitative estimate of drug-likeness (QED) is 0.587. The van der Waals surface area contributed by atoms with Crippen molar-refractivity contribution < 1.29 is 24.5 Å². The Labute approximate surface area is 135 Å². The first kappa shape index (κ1) is 17.4. The molecule has 1 saturated carbocycles. The van der Waals surface area contributed by atoms with Crippen LogP contribution in [-0.4, -0.2) is 38.3 Å². The standard InChI is InChI=1S/C17H23NO5/c1-11(2)12(3)17(22,14(19)20)15(21)23-16(6-7-16)9-13-5-4-8-18-10-13/h4-5,8,10-12,22H,6-7,9H2,1-3H3,(H,19,20)/t12?,17-/m0/s1. The summed E-state index contributed by atoms with van der Waals surface area (Å²) >= 11 is 0. The summed E-state index contributed by atoms with van der Waals surface area (Å²) in [5, 5.41) is 19.8. The molecule has 1 aromatic heterocycles. The maximum atomic E-state index is 12.4. The zero-order valence-electron chi connectivity index (χ0n) is 13.7. The van der Waals surface area contributed by atoms with Crippen molar-refractivity contribution in [2.75, 3.05) is 0 Å². The van der Waals surface area contributed by atoms with E-state index in [0.717, 1.165) is 5.56 Å². The Bertz CT molecular complexity index is 582. The molecule has 2 N–H and O–H groups in total. The van der Waals surface area contributed by atoms with E-state index in [2.05, 4.69) is 4.98 Å². The first-order valence-corrected chi connectivity index (χ1v) is 7.79. The number of carboxylic acids is 1. The maximum Gasteiger partial charge on any atom is 0.350 e. The van der Waals surface area contributed by atoms with Crippen LogP contribution in [0.15, 0.2) is 24.5 Å². The number of ether oxygens (including phenoxy) is 1. The highest BCUT2D eigenvalue weighted by molar-refractivity contribution is 6.03. The molecule has 2 rings (SSSR count). The van der Waals surface area contributed by atoms with Crippen molar-refractivity contribution in [3.63, 3.8) is 0 Å². The molecule has 0 aromatic carbocycles. The van der Waals surface area contributed by atoms with Crippen molar-refractivity contribution in [1.82, 2.24) is 4.98 Å². The summed E-state index contributed by atoms with van der Waals surface area (Å²) in [7, 11) is 0. The number of rotatable bonds is 7. The van der Waals surface area contributed by atoms with Crippen molar-refractivity contribution in [1.29, 1.82) is 0 Å². The van der Waals surface area contributed by atoms with Crippen LogP contribution in [0.3, 0.4) is 0 Å². The molecule has 1 aromatic rings. The summed E-state index contributed by atoms with van der Waals surface area (Å²) in [5.41, 5.74) is -2.34. The molecular weight excluding hydrogens is 298 g/mol. The number of nitrogens with zero attached hydrogens (tertiary/aromatic N) is 1. The van der Waals surface area contributed by atoms with Gasteiger partial charge < -0.3 is 14.9 Å². The molecular formula is C17H23NO5. The molecule has 0 saturated heterocycles. The zero-order chi connectivity index (χ0) is 17.3. The molecule has 0 radical (unpaired) electrons. The number of aliphatic hydroxyl groups is 1. The van der Waals surface area contributed by atoms with Crippen LogP contribution in [-0.2, 0) is 20.7 Å². The van der Waals surface area contributed by atoms with Crippen molar-refractivity contribution in [2.45, 2.75) is 51.2 Å². The van der Waals surface area contributed by atoms with Crippen LogP contribution in [0, 0.1) is 11.8 Å². The molecule has 0 spiro atoms. The van der Waals surface area contributed by atoms with E-state index in [1.54, 1.807) is 39.2 Å². The normalized spacial score (nSPS) is 19.7. The fourth-order valence-corrected chi connectivity index (χ4v) is 2.55. The maximum absolute atomic E-state index is 12.4. The van der Waals surface area contributed by atoms with Gasteiger partial charge in [-0.05, 0) is 30.4 Å². The van der Waals surface area contributed by atoms with Gasteiger partial charge in [0.25, 0.3) is 5.60 Å². The fourth-order valence-electron chi connectivity index (χ4n) is 2.55. The predicted octanol–water partition coefficient (Wildman–Crippen LogP) is 1.81. The molecule has 0 bridgehead atoms. The molecule has 1 unspecified atom stereocenters. The van der Waals surface area contributed by atoms with E-state index in [1.807, 2.05) is 6.07 Å². The summed E-state index contributed by atoms with van der Waals surface area (Å²) in [6.45, 7) is 5.06. The second-order valence-electron chi connectivity index (χ2n) is 6.71. The lowest BCUT2D eigenvalue weighted by molar-refractivity contribution is -0.193. The van der Waals surface area contributed by atoms with Gasteiger partial charge in [-0.2, -0.15) is 0 Å². The molecule has 126 valence electrons. The number of hydrogen-bond acceptors (Lipinski definition) is 5. The molecule has 1 aliphatic carbocycles. The van der Waals surface area contributed by atoms with Gasteiger partial charge in [0.1, 0.15) is 5.60 Å². The lowest BCUT2D eigenvalue weighted by Gasteiger charge is -2.32. The lowest BCUT2D eigenvalue weighted by Crippen LogP contribution is -2.55. The van der Waals surface area contributed by atoms with Crippen LogP contribution in [0.4, 0.5) is 0 Å². The second kappa shape index (κ2) is 6.28. The van der Waals surface area contributed by atoms with Crippen molar-refractivity contribution in [3.05, 3.63) is 30.1 Å². The van der Waals surface area contributed by atoms with E-state index in [9.17, 15) is 19.8 Å². The Morgan fingerprint density at radius 1 is 1.39 bits per heavy atom. The monoisotopic (exact) mass is 321 g/mol. The summed E-state index contributed by atoms with van der Waals surface area (Å²) < 4.78 is 5.45. The highest BCUT2D eigenvalue weighted by atomic mass is 16.6. The number of carbonyl (C=O) groups is 2. The van der Waals surface area contributed by atoms with Gasteiger partial charge >= 0.3 is 11.9 Å². The van der Waals surface area contributed by atoms with Gasteiger partial charge in [-0.1, -0.05) is 26.8 Å². The SMILES string of the molecule is CC(C)C(C)[C@](O)(C(=O)O)C(=O)OC1(Cc2cccnc2)CC1. The molecule has 1 aliphatic rings. The van der Waals surface area contributed by atoms with Crippen LogP contribution < -0.4 is 0 Å². The first-order valence-electron chi connectivity index (χ1n) is 7.79. The molecule has 2 atom stereocenters. The van der Waals surface area contributed by atoms with Crippen molar-refractivity contribution >= 4 is 11.9 Å². The van der Waals surface area contributed by atoms with E-state index in [0.29, 0.717) is 19.3 Å². The van der Waals surface area contributed by atoms with Crippen LogP contribution in [0.25, 0.3) is 0 Å². The highest BCUT2D eigenvalue weighted by Gasteiger charge is 2.56. The van der Waals surface area contributed by atoms with Gasteiger partial charge in [0.15, 0.2) is 0 Å². The Morgan fingerprint density at radius 2 is 2.04 bits per heavy atom. The van der Waals surface area contributed by atoms with Gasteiger partial charge in [-0.3, -0.25) is 4.98 Å². The third-order valence-corrected chi connectivity index (χ3v) is 4.66. The summed E-state index contributed by atoms with van der Waals surface area (Å²) in [4.78, 5) is 28.0. The van der Waals surface area contributed by atoms with Crippen LogP contribution in [0.1, 0.15) is 39.2 Å². The van der Waals surface area contributed by atoms with E-state index in [1.165, 1.54) is 0 Å². The number of carbonyl (C=O) groups excluding carboxylic acids is 1. The van der Waals surface area contributed by atoms with Gasteiger partial charge in [-0.25, -0.2) is 9.59 Å². The van der Waals surface area contributed by atoms with Crippen molar-refractivity contribution in [3.8, 4) is 0 Å². The molecule has 0 aliphatic heterocycles. The number of esters is 1. The van der Waals surface area contributed by atoms with E-state index < -0.39 is 29.1 Å². The van der Waals surface area contributed by atoms with Crippen LogP contribution in [0.2, 0.25) is 0 Å². The average molecular weight is 321 g/mol. The van der Waals surface area contributed by atoms with Crippen molar-refractivity contribution in [2.24, 2.45) is 11.8 Å². The van der Waals surface area contributed by atoms with E-state index >= 15 is 0 Å². The minimum atomic E-state index is -2.53. The topological polar surface area (TPSA) is 96.7 Å². The number of hydrogen-bond donors (Lipinski definition) is 2. The van der Waals surface area contributed by atoms with Crippen LogP contribution in [0.5, 0.6) is 0 Å². The van der Waals surface area contributed by atoms with Gasteiger partial charge in [0.05, 0.1) is 0 Å². The molecule has 23 heavy (non-hydrogen) atoms. The first-order chi connectivity index (χ1) is 10.7. The number of carboxylic acid groups (broad SMARTS) is 1. The lowest BCUT2D eigenvalue weighted by atomic mass is 9.81. The highest BCUT2D eigenvalue weighted by Crippen LogP contribution is 2.44. The van der Waals surface area contributed by atoms with Crippen LogP contribution >= 0.6 is 0 Å². The van der Waals surface area contributed by atoms with Gasteiger partial charge in [0, 0.05) is 24.7 Å². The Morgan fingerprint density at radius 3 is 2.48 bits per heavy atom.